The van der Waals surface area contributed by atoms with Gasteiger partial charge in [0.05, 0.1) is 42.0 Å². The van der Waals surface area contributed by atoms with Crippen molar-refractivity contribution in [1.29, 1.82) is 0 Å². The number of nitrogens with zero attached hydrogens (tertiary/aromatic N) is 1. The van der Waals surface area contributed by atoms with Crippen LogP contribution in [0.3, 0.4) is 0 Å². The number of rotatable bonds is 11. The Morgan fingerprint density at radius 2 is 1.30 bits per heavy atom. The van der Waals surface area contributed by atoms with Crippen LogP contribution in [0.5, 0.6) is 23.0 Å². The van der Waals surface area contributed by atoms with E-state index < -0.39 is 92.1 Å². The maximum absolute atomic E-state index is 14.0. The Morgan fingerprint density at radius 3 is 1.82 bits per heavy atom. The third kappa shape index (κ3) is 8.02. The van der Waals surface area contributed by atoms with Gasteiger partial charge in [0.25, 0.3) is 5.91 Å². The summed E-state index contributed by atoms with van der Waals surface area (Å²) in [7, 11) is 0. The van der Waals surface area contributed by atoms with Gasteiger partial charge < -0.3 is 79.3 Å². The predicted molar refractivity (Wildman–Crippen MR) is 208 cm³/mol. The lowest BCUT2D eigenvalue weighted by Gasteiger charge is -2.40. The monoisotopic (exact) mass is 894 g/mol. The van der Waals surface area contributed by atoms with Crippen molar-refractivity contribution in [2.45, 2.75) is 73.4 Å². The molecule has 1 amide bonds. The van der Waals surface area contributed by atoms with Crippen LogP contribution in [0.1, 0.15) is 43.8 Å². The molecule has 1 spiro atoms. The third-order valence-electron chi connectivity index (χ3n) is 11.4. The van der Waals surface area contributed by atoms with E-state index in [4.69, 9.17) is 56.4 Å². The Hall–Kier alpha value is -3.90. The first kappa shape index (κ1) is 43.7. The topological polar surface area (TPSA) is 276 Å². The standard InChI is InChI=1S/C40H44Cl2N2O17/c41-22-11-20-24(13-26(22)57-38-34(51)32(49)30(47)28(15-45)59-38)56-25-14-27(58-39-35(52)33(50)31(48)29(16-46)60-39)23(42)12-21(25)40(20)19-3-2-17(10-18(19)37(54)61-40)36(53)43-4-1-5-44-6-8-55-9-7-44/h2-3,10-14,28-35,38-39,45-52H,1,4-9,15-16H2,(H,43,53)/t28?,29?,30-,31+,32-,33?,34?,35+,38+,39-,40?/m0/s1. The zero-order chi connectivity index (χ0) is 43.3. The fourth-order valence-electron chi connectivity index (χ4n) is 8.05. The molecule has 3 fully saturated rings. The fourth-order valence-corrected chi connectivity index (χ4v) is 8.47. The van der Waals surface area contributed by atoms with Crippen molar-refractivity contribution >= 4 is 35.1 Å². The number of nitrogens with one attached hydrogen (secondary N) is 1. The Balaban J connectivity index is 1.15. The first-order chi connectivity index (χ1) is 29.2. The Morgan fingerprint density at radius 1 is 0.754 bits per heavy atom. The number of esters is 1. The second-order valence-electron chi connectivity index (χ2n) is 15.2. The van der Waals surface area contributed by atoms with Crippen molar-refractivity contribution in [2.24, 2.45) is 0 Å². The normalized spacial score (nSPS) is 32.0. The zero-order valence-electron chi connectivity index (χ0n) is 32.1. The molecule has 0 aliphatic carbocycles. The summed E-state index contributed by atoms with van der Waals surface area (Å²) in [5.41, 5.74) is -1.03. The van der Waals surface area contributed by atoms with E-state index in [-0.39, 0.29) is 60.9 Å². The van der Waals surface area contributed by atoms with Crippen LogP contribution in [0.4, 0.5) is 0 Å². The quantitative estimate of drug-likeness (QED) is 0.0856. The molecular formula is C40H44Cl2N2O17. The van der Waals surface area contributed by atoms with Gasteiger partial charge in [0.15, 0.2) is 5.60 Å². The van der Waals surface area contributed by atoms with Gasteiger partial charge in [-0.15, -0.1) is 0 Å². The fraction of sp³-hybridized carbons (Fsp3) is 0.500. The molecule has 0 saturated carbocycles. The molecule has 5 heterocycles. The number of hydrogen-bond donors (Lipinski definition) is 9. The molecule has 11 atom stereocenters. The molecule has 3 aromatic rings. The number of hydrogen-bond acceptors (Lipinski definition) is 18. The predicted octanol–water partition coefficient (Wildman–Crippen LogP) is -0.629. The molecule has 5 unspecified atom stereocenters. The van der Waals surface area contributed by atoms with Crippen molar-refractivity contribution < 1.29 is 83.6 Å². The highest BCUT2D eigenvalue weighted by Gasteiger charge is 2.55. The van der Waals surface area contributed by atoms with Gasteiger partial charge in [0, 0.05) is 54.0 Å². The molecule has 0 bridgehead atoms. The number of carbonyl (C=O) groups excluding carboxylic acids is 2. The average Bonchev–Trinajstić information content (AvgIpc) is 3.55. The molecule has 5 aliphatic rings. The van der Waals surface area contributed by atoms with Crippen LogP contribution < -0.4 is 19.5 Å². The van der Waals surface area contributed by atoms with Crippen LogP contribution in [0.15, 0.2) is 42.5 Å². The number of halogens is 2. The SMILES string of the molecule is O=C(NCCCN1CCOCC1)c1ccc2c(c1)C(=O)OC21c2cc(Cl)c(O[C@@H]3OC(CO)[C@H](O)[C@H](O)C3O)cc2Oc2cc(O[C@H]3OC(CO)[C@@H](O)C(O)[C@H]3O)c(Cl)cc21. The highest BCUT2D eigenvalue weighted by Crippen LogP contribution is 2.59. The first-order valence-electron chi connectivity index (χ1n) is 19.5. The van der Waals surface area contributed by atoms with E-state index in [0.29, 0.717) is 26.2 Å². The van der Waals surface area contributed by atoms with Gasteiger partial charge in [-0.05, 0) is 37.2 Å². The molecule has 9 N–H and O–H groups in total. The summed E-state index contributed by atoms with van der Waals surface area (Å²) < 4.78 is 40.8. The summed E-state index contributed by atoms with van der Waals surface area (Å²) in [6.07, 6.45) is -15.6. The van der Waals surface area contributed by atoms with Gasteiger partial charge in [-0.25, -0.2) is 4.79 Å². The minimum absolute atomic E-state index is 0.0275. The summed E-state index contributed by atoms with van der Waals surface area (Å²) in [5, 5.41) is 84.8. The van der Waals surface area contributed by atoms with E-state index in [0.717, 1.165) is 19.6 Å². The molecule has 5 aliphatic heterocycles. The second kappa shape index (κ2) is 17.7. The van der Waals surface area contributed by atoms with Gasteiger partial charge in [0.1, 0.15) is 71.8 Å². The summed E-state index contributed by atoms with van der Waals surface area (Å²) >= 11 is 13.6. The van der Waals surface area contributed by atoms with Crippen molar-refractivity contribution in [2.75, 3.05) is 52.6 Å². The molecule has 3 aromatic carbocycles. The number of amides is 1. The maximum atomic E-state index is 14.0. The van der Waals surface area contributed by atoms with Gasteiger partial charge in [-0.2, -0.15) is 0 Å². The van der Waals surface area contributed by atoms with E-state index in [9.17, 15) is 50.4 Å². The summed E-state index contributed by atoms with van der Waals surface area (Å²) in [4.78, 5) is 29.5. The lowest BCUT2D eigenvalue weighted by atomic mass is 9.77. The summed E-state index contributed by atoms with van der Waals surface area (Å²) in [5.74, 6) is -1.62. The third-order valence-corrected chi connectivity index (χ3v) is 12.0. The molecule has 330 valence electrons. The molecule has 3 saturated heterocycles. The smallest absolute Gasteiger partial charge is 0.340 e. The van der Waals surface area contributed by atoms with Crippen LogP contribution in [0.2, 0.25) is 10.0 Å². The van der Waals surface area contributed by atoms with Crippen LogP contribution in [-0.2, 0) is 24.5 Å². The van der Waals surface area contributed by atoms with E-state index in [1.54, 1.807) is 6.07 Å². The molecule has 61 heavy (non-hydrogen) atoms. The van der Waals surface area contributed by atoms with Crippen LogP contribution in [0.25, 0.3) is 0 Å². The van der Waals surface area contributed by atoms with E-state index in [2.05, 4.69) is 10.2 Å². The highest BCUT2D eigenvalue weighted by atomic mass is 35.5. The minimum Gasteiger partial charge on any atom is -0.460 e. The number of aliphatic hydroxyl groups is 8. The number of aliphatic hydroxyl groups excluding tert-OH is 8. The number of ether oxygens (including phenoxy) is 7. The van der Waals surface area contributed by atoms with Crippen molar-refractivity contribution in [1.82, 2.24) is 10.2 Å². The molecular weight excluding hydrogens is 851 g/mol. The number of carbonyl (C=O) groups is 2. The van der Waals surface area contributed by atoms with Crippen molar-refractivity contribution in [3.05, 3.63) is 80.3 Å². The van der Waals surface area contributed by atoms with Gasteiger partial charge in [-0.3, -0.25) is 9.69 Å². The van der Waals surface area contributed by atoms with Gasteiger partial charge in [-0.1, -0.05) is 29.3 Å². The maximum Gasteiger partial charge on any atom is 0.340 e. The van der Waals surface area contributed by atoms with Crippen molar-refractivity contribution in [3.8, 4) is 23.0 Å². The lowest BCUT2D eigenvalue weighted by molar-refractivity contribution is -0.277. The van der Waals surface area contributed by atoms with Gasteiger partial charge >= 0.3 is 5.97 Å². The average molecular weight is 896 g/mol. The second-order valence-corrected chi connectivity index (χ2v) is 16.0. The van der Waals surface area contributed by atoms with E-state index in [1.807, 2.05) is 0 Å². The van der Waals surface area contributed by atoms with Crippen LogP contribution in [0, 0.1) is 0 Å². The number of benzene rings is 3. The molecule has 21 heteroatoms. The number of morpholine rings is 1. The van der Waals surface area contributed by atoms with Crippen molar-refractivity contribution in [3.63, 3.8) is 0 Å². The van der Waals surface area contributed by atoms with E-state index in [1.165, 1.54) is 36.4 Å². The molecule has 8 rings (SSSR count). The van der Waals surface area contributed by atoms with Crippen LogP contribution in [-0.4, -0.2) is 172 Å². The Bertz CT molecular complexity index is 2040. The highest BCUT2D eigenvalue weighted by molar-refractivity contribution is 6.32. The lowest BCUT2D eigenvalue weighted by Crippen LogP contribution is -2.60. The molecule has 0 aromatic heterocycles. The van der Waals surface area contributed by atoms with Gasteiger partial charge in [0.2, 0.25) is 12.6 Å². The Labute approximate surface area is 357 Å². The van der Waals surface area contributed by atoms with E-state index >= 15 is 0 Å². The van der Waals surface area contributed by atoms with Crippen LogP contribution >= 0.6 is 23.2 Å². The first-order valence-corrected chi connectivity index (χ1v) is 20.3. The largest absolute Gasteiger partial charge is 0.460 e. The summed E-state index contributed by atoms with van der Waals surface area (Å²) in [6, 6.07) is 9.84. The number of fused-ring (bicyclic) bond motifs is 6. The zero-order valence-corrected chi connectivity index (χ0v) is 33.6. The summed E-state index contributed by atoms with van der Waals surface area (Å²) in [6.45, 7) is 2.68. The molecule has 0 radical (unpaired) electrons. The Kier molecular flexibility index (Phi) is 12.7. The minimum atomic E-state index is -1.85. The molecule has 19 nitrogen and oxygen atoms in total.